The Morgan fingerprint density at radius 1 is 1.15 bits per heavy atom. The molecule has 3 aromatic rings. The number of alkyl halides is 3. The van der Waals surface area contributed by atoms with Gasteiger partial charge in [0.15, 0.2) is 17.3 Å². The summed E-state index contributed by atoms with van der Waals surface area (Å²) in [4.78, 5) is 21.6. The van der Waals surface area contributed by atoms with E-state index in [9.17, 15) is 22.4 Å². The van der Waals surface area contributed by atoms with Crippen molar-refractivity contribution in [3.63, 3.8) is 0 Å². The van der Waals surface area contributed by atoms with Crippen LogP contribution in [-0.2, 0) is 6.18 Å². The molecule has 0 radical (unpaired) electrons. The largest absolute Gasteiger partial charge is 0.490 e. The van der Waals surface area contributed by atoms with Gasteiger partial charge in [0.25, 0.3) is 0 Å². The van der Waals surface area contributed by atoms with Gasteiger partial charge in [-0.3, -0.25) is 4.98 Å². The minimum Gasteiger partial charge on any atom is -0.490 e. The number of imidazole rings is 1. The number of hydrogen-bond donors (Lipinski definition) is 2. The average molecular weight is 463 g/mol. The molecule has 0 spiro atoms. The van der Waals surface area contributed by atoms with Crippen LogP contribution in [0.5, 0.6) is 5.75 Å². The number of halogens is 4. The maximum atomic E-state index is 14.2. The summed E-state index contributed by atoms with van der Waals surface area (Å²) in [6.45, 7) is 0.291. The second kappa shape index (κ2) is 9.21. The molecule has 174 valence electrons. The molecule has 1 aliphatic rings. The molecule has 10 heteroatoms. The first-order valence-corrected chi connectivity index (χ1v) is 10.5. The van der Waals surface area contributed by atoms with Gasteiger partial charge in [0.2, 0.25) is 0 Å². The van der Waals surface area contributed by atoms with Crippen LogP contribution >= 0.6 is 0 Å². The van der Waals surface area contributed by atoms with E-state index in [1.165, 1.54) is 24.4 Å². The Morgan fingerprint density at radius 2 is 1.91 bits per heavy atom. The van der Waals surface area contributed by atoms with E-state index in [-0.39, 0.29) is 23.4 Å². The number of benzene rings is 1. The van der Waals surface area contributed by atoms with E-state index in [1.54, 1.807) is 12.1 Å². The van der Waals surface area contributed by atoms with Gasteiger partial charge in [-0.2, -0.15) is 13.2 Å². The third-order valence-corrected chi connectivity index (χ3v) is 5.86. The van der Waals surface area contributed by atoms with Crippen LogP contribution < -0.4 is 4.74 Å². The fourth-order valence-corrected chi connectivity index (χ4v) is 4.02. The summed E-state index contributed by atoms with van der Waals surface area (Å²) < 4.78 is 57.9. The summed E-state index contributed by atoms with van der Waals surface area (Å²) in [6, 6.07) is 7.56. The molecule has 2 N–H and O–H groups in total. The highest BCUT2D eigenvalue weighted by Crippen LogP contribution is 2.36. The molecule has 2 heterocycles. The summed E-state index contributed by atoms with van der Waals surface area (Å²) in [5.41, 5.74) is -0.0607. The normalized spacial score (nSPS) is 18.8. The van der Waals surface area contributed by atoms with Crippen molar-refractivity contribution in [2.24, 2.45) is 5.92 Å². The predicted molar refractivity (Wildman–Crippen MR) is 110 cm³/mol. The molecule has 0 saturated heterocycles. The van der Waals surface area contributed by atoms with Gasteiger partial charge in [0.05, 0.1) is 12.2 Å². The fraction of sp³-hybridized carbons (Fsp3) is 0.348. The van der Waals surface area contributed by atoms with Crippen molar-refractivity contribution in [3.8, 4) is 17.1 Å². The van der Waals surface area contributed by atoms with Gasteiger partial charge in [-0.15, -0.1) is 0 Å². The minimum absolute atomic E-state index is 0.0686. The van der Waals surface area contributed by atoms with Crippen molar-refractivity contribution in [1.82, 2.24) is 15.0 Å². The Kier molecular flexibility index (Phi) is 6.35. The molecule has 1 saturated carbocycles. The molecular weight excluding hydrogens is 442 g/mol. The van der Waals surface area contributed by atoms with Gasteiger partial charge >= 0.3 is 12.1 Å². The van der Waals surface area contributed by atoms with Crippen LogP contribution in [0.25, 0.3) is 11.4 Å². The molecule has 4 rings (SSSR count). The van der Waals surface area contributed by atoms with E-state index in [0.29, 0.717) is 12.2 Å². The van der Waals surface area contributed by atoms with Gasteiger partial charge in [0, 0.05) is 29.6 Å². The van der Waals surface area contributed by atoms with Crippen molar-refractivity contribution < 1.29 is 32.2 Å². The number of H-pyrrole nitrogens is 1. The molecule has 0 amide bonds. The Balaban J connectivity index is 1.32. The lowest BCUT2D eigenvalue weighted by Crippen LogP contribution is -2.20. The number of nitrogens with one attached hydrogen (secondary N) is 1. The third-order valence-electron chi connectivity index (χ3n) is 5.86. The number of aromatic nitrogens is 3. The smallest absolute Gasteiger partial charge is 0.434 e. The van der Waals surface area contributed by atoms with Crippen LogP contribution in [0.4, 0.5) is 17.6 Å². The van der Waals surface area contributed by atoms with Crippen LogP contribution in [0.2, 0.25) is 0 Å². The van der Waals surface area contributed by atoms with Crippen molar-refractivity contribution >= 4 is 5.97 Å². The summed E-state index contributed by atoms with van der Waals surface area (Å²) in [7, 11) is 0. The molecule has 1 aliphatic carbocycles. The van der Waals surface area contributed by atoms with E-state index in [0.717, 1.165) is 37.6 Å². The topological polar surface area (TPSA) is 88.1 Å². The monoisotopic (exact) mass is 463 g/mol. The molecule has 0 unspecified atom stereocenters. The summed E-state index contributed by atoms with van der Waals surface area (Å²) in [5, 5.41) is 9.01. The van der Waals surface area contributed by atoms with E-state index < -0.39 is 29.2 Å². The molecule has 0 aliphatic heterocycles. The molecule has 1 aromatic carbocycles. The van der Waals surface area contributed by atoms with E-state index in [1.807, 2.05) is 0 Å². The number of nitrogens with zero attached hydrogens (tertiary/aromatic N) is 2. The lowest BCUT2D eigenvalue weighted by molar-refractivity contribution is -0.140. The van der Waals surface area contributed by atoms with Gasteiger partial charge in [-0.25, -0.2) is 14.2 Å². The second-order valence-electron chi connectivity index (χ2n) is 8.06. The van der Waals surface area contributed by atoms with Gasteiger partial charge in [0.1, 0.15) is 5.82 Å². The fourth-order valence-electron chi connectivity index (χ4n) is 4.02. The van der Waals surface area contributed by atoms with E-state index in [2.05, 4.69) is 15.0 Å². The number of pyridine rings is 1. The highest BCUT2D eigenvalue weighted by Gasteiger charge is 2.34. The number of carboxylic acids is 1. The molecule has 2 aromatic heterocycles. The van der Waals surface area contributed by atoms with E-state index >= 15 is 0 Å². The number of rotatable bonds is 6. The van der Waals surface area contributed by atoms with Gasteiger partial charge in [-0.05, 0) is 55.9 Å². The first-order chi connectivity index (χ1) is 15.7. The van der Waals surface area contributed by atoms with Crippen LogP contribution in [0, 0.1) is 11.7 Å². The van der Waals surface area contributed by atoms with E-state index in [4.69, 9.17) is 9.84 Å². The number of carbonyl (C=O) groups is 1. The number of aromatic carboxylic acids is 1. The molecule has 0 bridgehead atoms. The number of hydrogen-bond acceptors (Lipinski definition) is 4. The van der Waals surface area contributed by atoms with Crippen LogP contribution in [0.15, 0.2) is 42.7 Å². The zero-order valence-electron chi connectivity index (χ0n) is 17.4. The van der Waals surface area contributed by atoms with Crippen molar-refractivity contribution in [2.45, 2.75) is 37.8 Å². The molecule has 1 fully saturated rings. The Labute approximate surface area is 186 Å². The lowest BCUT2D eigenvalue weighted by atomic mass is 9.80. The second-order valence-corrected chi connectivity index (χ2v) is 8.06. The first kappa shape index (κ1) is 22.8. The quantitative estimate of drug-likeness (QED) is 0.459. The summed E-state index contributed by atoms with van der Waals surface area (Å²) in [5.74, 6) is -1.75. The van der Waals surface area contributed by atoms with Gasteiger partial charge in [-0.1, -0.05) is 6.07 Å². The molecule has 0 atom stereocenters. The standard InChI is InChI=1S/C23H21F4N3O3/c24-20-16(22(31)32)2-1-3-18(20)33-12-13-4-6-14(7-5-13)17-9-8-15(10-28-17)21-29-11-19(30-21)23(25,26)27/h1-3,8-11,13-14H,4-7,12H2,(H,29,30)(H,31,32)/t13-,14-. The van der Waals surface area contributed by atoms with Crippen LogP contribution in [-0.4, -0.2) is 32.6 Å². The maximum Gasteiger partial charge on any atom is 0.434 e. The zero-order valence-corrected chi connectivity index (χ0v) is 17.4. The Bertz CT molecular complexity index is 1120. The van der Waals surface area contributed by atoms with Gasteiger partial charge < -0.3 is 14.8 Å². The maximum absolute atomic E-state index is 14.2. The number of carboxylic acid groups (broad SMARTS) is 1. The summed E-state index contributed by atoms with van der Waals surface area (Å²) >= 11 is 0. The molecule has 33 heavy (non-hydrogen) atoms. The predicted octanol–water partition coefficient (Wildman–Crippen LogP) is 5.68. The van der Waals surface area contributed by atoms with Crippen molar-refractivity contribution in [3.05, 3.63) is 65.5 Å². The molecule has 6 nitrogen and oxygen atoms in total. The Hall–Kier alpha value is -3.43. The Morgan fingerprint density at radius 3 is 2.52 bits per heavy atom. The lowest BCUT2D eigenvalue weighted by Gasteiger charge is -2.28. The number of aromatic amines is 1. The zero-order chi connectivity index (χ0) is 23.6. The first-order valence-electron chi connectivity index (χ1n) is 10.5. The number of ether oxygens (including phenoxy) is 1. The average Bonchev–Trinajstić information content (AvgIpc) is 3.30. The SMILES string of the molecule is O=C(O)c1cccc(OC[C@H]2CC[C@H](c3ccc(-c4nc(C(F)(F)F)c[nH]4)cn3)CC2)c1F. The van der Waals surface area contributed by atoms with Crippen molar-refractivity contribution in [1.29, 1.82) is 0 Å². The minimum atomic E-state index is -4.50. The third kappa shape index (κ3) is 5.15. The highest BCUT2D eigenvalue weighted by atomic mass is 19.4. The molecular formula is C23H21F4N3O3. The summed E-state index contributed by atoms with van der Waals surface area (Å²) in [6.07, 6.45) is 1.20. The van der Waals surface area contributed by atoms with Crippen LogP contribution in [0.1, 0.15) is 53.3 Å². The van der Waals surface area contributed by atoms with Crippen molar-refractivity contribution in [2.75, 3.05) is 6.61 Å². The highest BCUT2D eigenvalue weighted by molar-refractivity contribution is 5.88. The van der Waals surface area contributed by atoms with Crippen LogP contribution in [0.3, 0.4) is 0 Å².